The molecule has 2 aromatic carbocycles. The van der Waals surface area contributed by atoms with E-state index in [0.717, 1.165) is 76.8 Å². The number of likely N-dealkylation sites (tertiary alicyclic amines) is 2. The topological polar surface area (TPSA) is 87.9 Å². The number of hydrogen-bond donors (Lipinski definition) is 1. The number of nitriles is 1. The molecule has 1 saturated carbocycles. The Morgan fingerprint density at radius 2 is 1.67 bits per heavy atom. The molecule has 3 atom stereocenters. The zero-order chi connectivity index (χ0) is 29.5. The highest BCUT2D eigenvalue weighted by molar-refractivity contribution is 5.79. The van der Waals surface area contributed by atoms with Gasteiger partial charge in [-0.3, -0.25) is 14.5 Å². The minimum atomic E-state index is -0.652. The van der Waals surface area contributed by atoms with E-state index in [4.69, 9.17) is 5.26 Å². The summed E-state index contributed by atoms with van der Waals surface area (Å²) < 4.78 is 0. The maximum absolute atomic E-state index is 13.2. The molecule has 0 unspecified atom stereocenters. The van der Waals surface area contributed by atoms with E-state index in [9.17, 15) is 14.7 Å². The van der Waals surface area contributed by atoms with Crippen LogP contribution in [-0.4, -0.2) is 83.0 Å². The Labute approximate surface area is 251 Å². The minimum absolute atomic E-state index is 0.152. The van der Waals surface area contributed by atoms with Crippen LogP contribution in [0.25, 0.3) is 0 Å². The molecule has 3 fully saturated rings. The highest BCUT2D eigenvalue weighted by atomic mass is 16.4. The van der Waals surface area contributed by atoms with Crippen molar-refractivity contribution in [2.45, 2.75) is 76.3 Å². The maximum atomic E-state index is 13.2. The third-order valence-corrected chi connectivity index (χ3v) is 10.0. The van der Waals surface area contributed by atoms with Gasteiger partial charge < -0.3 is 14.9 Å². The predicted molar refractivity (Wildman–Crippen MR) is 164 cm³/mol. The van der Waals surface area contributed by atoms with E-state index in [-0.39, 0.29) is 23.9 Å². The molecule has 0 bridgehead atoms. The van der Waals surface area contributed by atoms with Gasteiger partial charge in [0.25, 0.3) is 0 Å². The second kappa shape index (κ2) is 14.3. The van der Waals surface area contributed by atoms with Crippen molar-refractivity contribution in [1.82, 2.24) is 14.7 Å². The minimum Gasteiger partial charge on any atom is -0.480 e. The zero-order valence-electron chi connectivity index (χ0n) is 25.0. The smallest absolute Gasteiger partial charge is 0.321 e. The molecule has 7 nitrogen and oxygen atoms in total. The summed E-state index contributed by atoms with van der Waals surface area (Å²) in [6.45, 7) is 7.27. The molecule has 1 N–H and O–H groups in total. The molecular weight excluding hydrogens is 524 g/mol. The normalized spacial score (nSPS) is 23.3. The van der Waals surface area contributed by atoms with Crippen LogP contribution in [-0.2, 0) is 16.0 Å². The standard InChI is InChI=1S/C35H46N4O3/c1-2-39(33(40)21-26-13-15-27(22-36)16-14-26)31-17-19-37(20-18-31)23-30-24-38(25-32(30)28-9-5-3-6-10-28)34(35(41)42)29-11-7-4-8-12-29/h3,5-6,9-10,13-16,29-32,34H,2,4,7-8,11-12,17-21,23-25H2,1H3,(H,41,42)/t30-,32+,34+/m0/s1. The fraction of sp³-hybridized carbons (Fsp3) is 0.571. The van der Waals surface area contributed by atoms with Crippen molar-refractivity contribution < 1.29 is 14.7 Å². The Morgan fingerprint density at radius 1 is 0.976 bits per heavy atom. The summed E-state index contributed by atoms with van der Waals surface area (Å²) in [7, 11) is 0. The first-order valence-corrected chi connectivity index (χ1v) is 16.0. The Balaban J connectivity index is 1.21. The number of aliphatic carboxylic acids is 1. The van der Waals surface area contributed by atoms with Crippen LogP contribution in [0.3, 0.4) is 0 Å². The summed E-state index contributed by atoms with van der Waals surface area (Å²) in [5.74, 6) is 0.466. The highest BCUT2D eigenvalue weighted by Crippen LogP contribution is 2.38. The van der Waals surface area contributed by atoms with Crippen molar-refractivity contribution in [2.75, 3.05) is 39.3 Å². The maximum Gasteiger partial charge on any atom is 0.321 e. The van der Waals surface area contributed by atoms with Gasteiger partial charge >= 0.3 is 5.97 Å². The molecule has 2 aromatic rings. The van der Waals surface area contributed by atoms with Crippen LogP contribution < -0.4 is 0 Å². The number of rotatable bonds is 10. The van der Waals surface area contributed by atoms with E-state index >= 15 is 0 Å². The lowest BCUT2D eigenvalue weighted by Crippen LogP contribution is -2.49. The molecule has 224 valence electrons. The summed E-state index contributed by atoms with van der Waals surface area (Å²) in [6, 6.07) is 20.0. The number of carboxylic acids is 1. The van der Waals surface area contributed by atoms with Crippen LogP contribution in [0, 0.1) is 23.2 Å². The van der Waals surface area contributed by atoms with Crippen LogP contribution >= 0.6 is 0 Å². The molecule has 5 rings (SSSR count). The summed E-state index contributed by atoms with van der Waals surface area (Å²) in [5, 5.41) is 19.4. The van der Waals surface area contributed by atoms with Crippen molar-refractivity contribution in [2.24, 2.45) is 11.8 Å². The Morgan fingerprint density at radius 3 is 2.29 bits per heavy atom. The van der Waals surface area contributed by atoms with Crippen LogP contribution in [0.15, 0.2) is 54.6 Å². The molecule has 2 heterocycles. The molecule has 3 aliphatic rings. The van der Waals surface area contributed by atoms with E-state index in [1.807, 2.05) is 17.0 Å². The average Bonchev–Trinajstić information content (AvgIpc) is 3.42. The van der Waals surface area contributed by atoms with Gasteiger partial charge in [0.15, 0.2) is 0 Å². The van der Waals surface area contributed by atoms with E-state index in [2.05, 4.69) is 53.1 Å². The number of nitrogens with zero attached hydrogens (tertiary/aromatic N) is 4. The lowest BCUT2D eigenvalue weighted by atomic mass is 9.83. The average molecular weight is 571 g/mol. The molecule has 0 aromatic heterocycles. The monoisotopic (exact) mass is 570 g/mol. The number of likely N-dealkylation sites (N-methyl/N-ethyl adjacent to an activating group) is 1. The first-order valence-electron chi connectivity index (χ1n) is 16.0. The molecule has 1 amide bonds. The fourth-order valence-electron chi connectivity index (χ4n) is 7.86. The van der Waals surface area contributed by atoms with Gasteiger partial charge in [-0.15, -0.1) is 0 Å². The third kappa shape index (κ3) is 7.22. The predicted octanol–water partition coefficient (Wildman–Crippen LogP) is 5.16. The summed E-state index contributed by atoms with van der Waals surface area (Å²) >= 11 is 0. The van der Waals surface area contributed by atoms with Crippen molar-refractivity contribution in [3.8, 4) is 6.07 Å². The number of amides is 1. The van der Waals surface area contributed by atoms with Gasteiger partial charge in [-0.05, 0) is 67.7 Å². The van der Waals surface area contributed by atoms with Crippen molar-refractivity contribution in [3.05, 3.63) is 71.3 Å². The van der Waals surface area contributed by atoms with Gasteiger partial charge in [0.1, 0.15) is 6.04 Å². The SMILES string of the molecule is CCN(C(=O)Cc1ccc(C#N)cc1)C1CCN(C[C@H]2CN([C@@H](C(=O)O)C3CCCCC3)C[C@@H]2c2ccccc2)CC1. The summed E-state index contributed by atoms with van der Waals surface area (Å²) in [4.78, 5) is 32.7. The molecule has 7 heteroatoms. The first-order chi connectivity index (χ1) is 20.5. The van der Waals surface area contributed by atoms with Crippen LogP contribution in [0.5, 0.6) is 0 Å². The van der Waals surface area contributed by atoms with Gasteiger partial charge in [-0.25, -0.2) is 0 Å². The Hall–Kier alpha value is -3.21. The lowest BCUT2D eigenvalue weighted by Gasteiger charge is -2.39. The van der Waals surface area contributed by atoms with Crippen molar-refractivity contribution in [1.29, 1.82) is 5.26 Å². The summed E-state index contributed by atoms with van der Waals surface area (Å²) in [5.41, 5.74) is 2.87. The van der Waals surface area contributed by atoms with E-state index < -0.39 is 5.97 Å². The number of carbonyl (C=O) groups excluding carboxylic acids is 1. The quantitative estimate of drug-likeness (QED) is 0.425. The second-order valence-electron chi connectivity index (χ2n) is 12.6. The van der Waals surface area contributed by atoms with Gasteiger partial charge in [-0.1, -0.05) is 61.7 Å². The number of hydrogen-bond acceptors (Lipinski definition) is 5. The number of benzene rings is 2. The van der Waals surface area contributed by atoms with Crippen LogP contribution in [0.2, 0.25) is 0 Å². The van der Waals surface area contributed by atoms with E-state index in [1.54, 1.807) is 12.1 Å². The zero-order valence-corrected chi connectivity index (χ0v) is 25.0. The Bertz CT molecular complexity index is 1210. The Kier molecular flexibility index (Phi) is 10.3. The van der Waals surface area contributed by atoms with Crippen molar-refractivity contribution in [3.63, 3.8) is 0 Å². The number of carbonyl (C=O) groups is 2. The largest absolute Gasteiger partial charge is 0.480 e. The molecule has 42 heavy (non-hydrogen) atoms. The van der Waals surface area contributed by atoms with Crippen LogP contribution in [0.1, 0.15) is 74.5 Å². The molecule has 0 radical (unpaired) electrons. The van der Waals surface area contributed by atoms with E-state index in [0.29, 0.717) is 30.4 Å². The second-order valence-corrected chi connectivity index (χ2v) is 12.6. The fourth-order valence-corrected chi connectivity index (χ4v) is 7.86. The van der Waals surface area contributed by atoms with Crippen LogP contribution in [0.4, 0.5) is 0 Å². The number of piperidine rings is 1. The van der Waals surface area contributed by atoms with Gasteiger partial charge in [0.2, 0.25) is 5.91 Å². The molecule has 0 spiro atoms. The van der Waals surface area contributed by atoms with E-state index in [1.165, 1.54) is 12.0 Å². The highest BCUT2D eigenvalue weighted by Gasteiger charge is 2.43. The molecule has 1 aliphatic carbocycles. The first kappa shape index (κ1) is 30.3. The van der Waals surface area contributed by atoms with Gasteiger partial charge in [0, 0.05) is 51.2 Å². The number of carboxylic acid groups (broad SMARTS) is 1. The molecular formula is C35H46N4O3. The third-order valence-electron chi connectivity index (χ3n) is 10.0. The summed E-state index contributed by atoms with van der Waals surface area (Å²) in [6.07, 6.45) is 7.85. The molecule has 2 saturated heterocycles. The molecule has 2 aliphatic heterocycles. The van der Waals surface area contributed by atoms with Gasteiger partial charge in [-0.2, -0.15) is 5.26 Å². The van der Waals surface area contributed by atoms with Crippen molar-refractivity contribution >= 4 is 11.9 Å². The lowest BCUT2D eigenvalue weighted by molar-refractivity contribution is -0.145. The van der Waals surface area contributed by atoms with Gasteiger partial charge in [0.05, 0.1) is 18.1 Å².